The largest absolute Gasteiger partial charge is 0.491 e. The minimum atomic E-state index is -0.138. The van der Waals surface area contributed by atoms with Crippen molar-refractivity contribution in [1.29, 1.82) is 0 Å². The second-order valence-electron chi connectivity index (χ2n) is 5.59. The fraction of sp³-hybridized carbons (Fsp3) is 0.222. The Balaban J connectivity index is 1.73. The lowest BCUT2D eigenvalue weighted by atomic mass is 10.1. The number of carbonyl (C=O) groups is 2. The molecule has 6 heteroatoms. The zero-order valence-electron chi connectivity index (χ0n) is 13.2. The SMILES string of the molecule is CN1C(=O)CCOc2ccc(CC(=O)Nc3ccc(Cl)cc3)cc21. The van der Waals surface area contributed by atoms with Crippen LogP contribution >= 0.6 is 11.6 Å². The maximum Gasteiger partial charge on any atom is 0.230 e. The predicted molar refractivity (Wildman–Crippen MR) is 93.7 cm³/mol. The fourth-order valence-electron chi connectivity index (χ4n) is 2.53. The normalized spacial score (nSPS) is 13.8. The zero-order chi connectivity index (χ0) is 17.1. The highest BCUT2D eigenvalue weighted by Gasteiger charge is 2.20. The monoisotopic (exact) mass is 344 g/mol. The van der Waals surface area contributed by atoms with Gasteiger partial charge in [-0.3, -0.25) is 9.59 Å². The van der Waals surface area contributed by atoms with Gasteiger partial charge in [-0.15, -0.1) is 0 Å². The Morgan fingerprint density at radius 3 is 2.75 bits per heavy atom. The third-order valence-corrected chi connectivity index (χ3v) is 4.08. The minimum absolute atomic E-state index is 0.00323. The summed E-state index contributed by atoms with van der Waals surface area (Å²) in [5, 5.41) is 3.44. The molecule has 1 heterocycles. The summed E-state index contributed by atoms with van der Waals surface area (Å²) in [6.45, 7) is 0.368. The van der Waals surface area contributed by atoms with Crippen molar-refractivity contribution in [3.8, 4) is 5.75 Å². The van der Waals surface area contributed by atoms with E-state index in [4.69, 9.17) is 16.3 Å². The summed E-state index contributed by atoms with van der Waals surface area (Å²) in [6, 6.07) is 12.4. The van der Waals surface area contributed by atoms with E-state index in [0.29, 0.717) is 35.2 Å². The Bertz CT molecular complexity index is 774. The number of amides is 2. The van der Waals surface area contributed by atoms with Gasteiger partial charge in [-0.05, 0) is 42.0 Å². The lowest BCUT2D eigenvalue weighted by molar-refractivity contribution is -0.118. The Kier molecular flexibility index (Phi) is 4.71. The average molecular weight is 345 g/mol. The van der Waals surface area contributed by atoms with E-state index in [0.717, 1.165) is 5.56 Å². The zero-order valence-corrected chi connectivity index (χ0v) is 14.0. The minimum Gasteiger partial charge on any atom is -0.491 e. The molecule has 1 N–H and O–H groups in total. The third kappa shape index (κ3) is 3.68. The van der Waals surface area contributed by atoms with E-state index in [-0.39, 0.29) is 18.2 Å². The van der Waals surface area contributed by atoms with Gasteiger partial charge in [0.15, 0.2) is 0 Å². The van der Waals surface area contributed by atoms with Crippen LogP contribution in [0.15, 0.2) is 42.5 Å². The van der Waals surface area contributed by atoms with E-state index >= 15 is 0 Å². The van der Waals surface area contributed by atoms with Crippen LogP contribution in [0.3, 0.4) is 0 Å². The molecule has 0 atom stereocenters. The molecule has 0 fully saturated rings. The third-order valence-electron chi connectivity index (χ3n) is 3.82. The first-order valence-corrected chi connectivity index (χ1v) is 7.98. The van der Waals surface area contributed by atoms with Crippen LogP contribution in [0.1, 0.15) is 12.0 Å². The number of ether oxygens (including phenoxy) is 1. The molecule has 0 aliphatic carbocycles. The van der Waals surface area contributed by atoms with Gasteiger partial charge in [0, 0.05) is 17.8 Å². The summed E-state index contributed by atoms with van der Waals surface area (Å²) in [4.78, 5) is 25.7. The maximum atomic E-state index is 12.2. The van der Waals surface area contributed by atoms with Gasteiger partial charge in [-0.25, -0.2) is 0 Å². The highest BCUT2D eigenvalue weighted by molar-refractivity contribution is 6.30. The van der Waals surface area contributed by atoms with Crippen molar-refractivity contribution in [3.05, 3.63) is 53.1 Å². The molecule has 0 bridgehead atoms. The van der Waals surface area contributed by atoms with E-state index in [2.05, 4.69) is 5.32 Å². The number of benzene rings is 2. The van der Waals surface area contributed by atoms with Crippen molar-refractivity contribution < 1.29 is 14.3 Å². The molecule has 1 aliphatic heterocycles. The van der Waals surface area contributed by atoms with Crippen LogP contribution in [0, 0.1) is 0 Å². The first kappa shape index (κ1) is 16.3. The Labute approximate surface area is 145 Å². The van der Waals surface area contributed by atoms with Gasteiger partial charge >= 0.3 is 0 Å². The molecule has 24 heavy (non-hydrogen) atoms. The van der Waals surface area contributed by atoms with Crippen LogP contribution in [0.2, 0.25) is 5.02 Å². The molecule has 0 aromatic heterocycles. The van der Waals surface area contributed by atoms with Gasteiger partial charge in [0.05, 0.1) is 25.1 Å². The van der Waals surface area contributed by atoms with Crippen molar-refractivity contribution in [3.63, 3.8) is 0 Å². The fourth-order valence-corrected chi connectivity index (χ4v) is 2.66. The van der Waals surface area contributed by atoms with Gasteiger partial charge in [-0.2, -0.15) is 0 Å². The molecule has 2 aromatic carbocycles. The molecule has 5 nitrogen and oxygen atoms in total. The molecule has 0 unspecified atom stereocenters. The van der Waals surface area contributed by atoms with E-state index in [1.54, 1.807) is 42.3 Å². The number of nitrogens with one attached hydrogen (secondary N) is 1. The number of anilines is 2. The standard InChI is InChI=1S/C18H17ClN2O3/c1-21-15-10-12(2-7-16(15)24-9-8-18(21)23)11-17(22)20-14-5-3-13(19)4-6-14/h2-7,10H,8-9,11H2,1H3,(H,20,22). The lowest BCUT2D eigenvalue weighted by Crippen LogP contribution is -2.25. The van der Waals surface area contributed by atoms with Gasteiger partial charge in [0.1, 0.15) is 5.75 Å². The summed E-state index contributed by atoms with van der Waals surface area (Å²) in [6.07, 6.45) is 0.551. The number of halogens is 1. The van der Waals surface area contributed by atoms with E-state index in [1.807, 2.05) is 12.1 Å². The van der Waals surface area contributed by atoms with E-state index < -0.39 is 0 Å². The highest BCUT2D eigenvalue weighted by atomic mass is 35.5. The molecule has 0 saturated carbocycles. The molecule has 0 saturated heterocycles. The summed E-state index contributed by atoms with van der Waals surface area (Å²) in [7, 11) is 1.72. The van der Waals surface area contributed by atoms with E-state index in [1.165, 1.54) is 0 Å². The number of carbonyl (C=O) groups excluding carboxylic acids is 2. The van der Waals surface area contributed by atoms with Gasteiger partial charge < -0.3 is 15.0 Å². The summed E-state index contributed by atoms with van der Waals surface area (Å²) in [5.74, 6) is 0.516. The molecular formula is C18H17ClN2O3. The van der Waals surface area contributed by atoms with Crippen molar-refractivity contribution in [1.82, 2.24) is 0 Å². The van der Waals surface area contributed by atoms with Gasteiger partial charge in [0.25, 0.3) is 0 Å². The van der Waals surface area contributed by atoms with Crippen molar-refractivity contribution >= 4 is 34.8 Å². The number of rotatable bonds is 3. The van der Waals surface area contributed by atoms with Crippen molar-refractivity contribution in [2.24, 2.45) is 0 Å². The van der Waals surface area contributed by atoms with Crippen LogP contribution in [-0.4, -0.2) is 25.5 Å². The first-order chi connectivity index (χ1) is 11.5. The number of nitrogens with zero attached hydrogens (tertiary/aromatic N) is 1. The Hall–Kier alpha value is -2.53. The predicted octanol–water partition coefficient (Wildman–Crippen LogP) is 3.27. The average Bonchev–Trinajstić information content (AvgIpc) is 2.70. The van der Waals surface area contributed by atoms with Crippen LogP contribution in [0.4, 0.5) is 11.4 Å². The maximum absolute atomic E-state index is 12.2. The van der Waals surface area contributed by atoms with Crippen LogP contribution in [0.5, 0.6) is 5.75 Å². The van der Waals surface area contributed by atoms with Gasteiger partial charge in [-0.1, -0.05) is 17.7 Å². The quantitative estimate of drug-likeness (QED) is 0.929. The van der Waals surface area contributed by atoms with E-state index in [9.17, 15) is 9.59 Å². The van der Waals surface area contributed by atoms with Gasteiger partial charge in [0.2, 0.25) is 11.8 Å². The number of hydrogen-bond donors (Lipinski definition) is 1. The first-order valence-electron chi connectivity index (χ1n) is 7.60. The van der Waals surface area contributed by atoms with Crippen LogP contribution in [0.25, 0.3) is 0 Å². The molecule has 2 aromatic rings. The molecule has 124 valence electrons. The van der Waals surface area contributed by atoms with Crippen molar-refractivity contribution in [2.75, 3.05) is 23.9 Å². The second kappa shape index (κ2) is 6.93. The Morgan fingerprint density at radius 2 is 2.00 bits per heavy atom. The summed E-state index contributed by atoms with van der Waals surface area (Å²) < 4.78 is 5.58. The second-order valence-corrected chi connectivity index (χ2v) is 6.02. The molecule has 0 spiro atoms. The topological polar surface area (TPSA) is 58.6 Å². The Morgan fingerprint density at radius 1 is 1.25 bits per heavy atom. The molecule has 3 rings (SSSR count). The number of hydrogen-bond acceptors (Lipinski definition) is 3. The van der Waals surface area contributed by atoms with Crippen LogP contribution in [-0.2, 0) is 16.0 Å². The van der Waals surface area contributed by atoms with Crippen LogP contribution < -0.4 is 15.0 Å². The molecule has 2 amide bonds. The smallest absolute Gasteiger partial charge is 0.230 e. The lowest BCUT2D eigenvalue weighted by Gasteiger charge is -2.17. The van der Waals surface area contributed by atoms with Crippen molar-refractivity contribution in [2.45, 2.75) is 12.8 Å². The molecule has 0 radical (unpaired) electrons. The highest BCUT2D eigenvalue weighted by Crippen LogP contribution is 2.31. The molecule has 1 aliphatic rings. The number of fused-ring (bicyclic) bond motifs is 1. The molecular weight excluding hydrogens is 328 g/mol. The summed E-state index contributed by atoms with van der Waals surface area (Å²) >= 11 is 5.83. The summed E-state index contributed by atoms with van der Waals surface area (Å²) in [5.41, 5.74) is 2.19.